The van der Waals surface area contributed by atoms with E-state index in [0.29, 0.717) is 18.6 Å². The van der Waals surface area contributed by atoms with E-state index in [4.69, 9.17) is 0 Å². The average molecular weight is 312 g/mol. The minimum absolute atomic E-state index is 0.261. The van der Waals surface area contributed by atoms with Gasteiger partial charge in [-0.25, -0.2) is 4.39 Å². The summed E-state index contributed by atoms with van der Waals surface area (Å²) in [6, 6.07) is 4.70. The van der Waals surface area contributed by atoms with Crippen LogP contribution < -0.4 is 5.32 Å². The summed E-state index contributed by atoms with van der Waals surface area (Å²) in [5, 5.41) is 14.8. The number of halogens is 2. The van der Waals surface area contributed by atoms with E-state index in [1.165, 1.54) is 11.3 Å². The van der Waals surface area contributed by atoms with E-state index in [2.05, 4.69) is 5.32 Å². The van der Waals surface area contributed by atoms with E-state index in [1.54, 1.807) is 0 Å². The van der Waals surface area contributed by atoms with E-state index >= 15 is 0 Å². The number of rotatable bonds is 5. The highest BCUT2D eigenvalue weighted by molar-refractivity contribution is 7.09. The van der Waals surface area contributed by atoms with Crippen molar-refractivity contribution in [2.45, 2.75) is 6.42 Å². The van der Waals surface area contributed by atoms with Gasteiger partial charge in [-0.1, -0.05) is 6.07 Å². The first-order valence-electron chi connectivity index (χ1n) is 5.93. The van der Waals surface area contributed by atoms with Crippen LogP contribution in [0.3, 0.4) is 0 Å². The zero-order chi connectivity index (χ0) is 15.4. The molecule has 2 rings (SSSR count). The summed E-state index contributed by atoms with van der Waals surface area (Å²) >= 11 is 1.52. The van der Waals surface area contributed by atoms with Crippen molar-refractivity contribution in [3.8, 4) is 0 Å². The Labute approximate surface area is 122 Å². The van der Waals surface area contributed by atoms with Gasteiger partial charge in [0.25, 0.3) is 5.91 Å². The summed E-state index contributed by atoms with van der Waals surface area (Å²) in [5.41, 5.74) is -1.55. The van der Waals surface area contributed by atoms with Crippen molar-refractivity contribution in [3.63, 3.8) is 0 Å². The number of nitrogens with one attached hydrogen (secondary N) is 1. The van der Waals surface area contributed by atoms with Gasteiger partial charge in [0.15, 0.2) is 0 Å². The monoisotopic (exact) mass is 312 g/mol. The number of benzene rings is 1. The number of nitro benzene ring substituents is 1. The number of hydrogen-bond acceptors (Lipinski definition) is 4. The smallest absolute Gasteiger partial charge is 0.307 e. The number of amides is 1. The minimum atomic E-state index is -1.25. The first-order valence-corrected chi connectivity index (χ1v) is 6.81. The van der Waals surface area contributed by atoms with E-state index in [-0.39, 0.29) is 6.54 Å². The van der Waals surface area contributed by atoms with Gasteiger partial charge in [0.1, 0.15) is 5.82 Å². The van der Waals surface area contributed by atoms with Gasteiger partial charge in [0, 0.05) is 11.4 Å². The second kappa shape index (κ2) is 6.40. The van der Waals surface area contributed by atoms with Crippen molar-refractivity contribution in [1.82, 2.24) is 5.32 Å². The van der Waals surface area contributed by atoms with E-state index < -0.39 is 33.7 Å². The fourth-order valence-electron chi connectivity index (χ4n) is 1.70. The molecule has 21 heavy (non-hydrogen) atoms. The van der Waals surface area contributed by atoms with Gasteiger partial charge < -0.3 is 5.32 Å². The predicted molar refractivity (Wildman–Crippen MR) is 73.4 cm³/mol. The standard InChI is InChI=1S/C13H10F2N2O3S/c14-10-7-12(17(19)20)11(15)6-9(10)13(18)16-4-3-8-2-1-5-21-8/h1-2,5-7H,3-4H2,(H,16,18). The van der Waals surface area contributed by atoms with Crippen LogP contribution in [-0.4, -0.2) is 17.4 Å². The molecule has 0 unspecified atom stereocenters. The maximum Gasteiger partial charge on any atom is 0.307 e. The molecule has 0 aliphatic rings. The molecule has 2 aromatic rings. The summed E-state index contributed by atoms with van der Waals surface area (Å²) in [5.74, 6) is -3.18. The van der Waals surface area contributed by atoms with Crippen molar-refractivity contribution in [2.75, 3.05) is 6.54 Å². The largest absolute Gasteiger partial charge is 0.352 e. The lowest BCUT2D eigenvalue weighted by atomic mass is 10.1. The Kier molecular flexibility index (Phi) is 4.59. The Morgan fingerprint density at radius 1 is 1.33 bits per heavy atom. The maximum atomic E-state index is 13.6. The molecule has 110 valence electrons. The molecule has 1 aromatic heterocycles. The Morgan fingerprint density at radius 3 is 2.71 bits per heavy atom. The number of nitro groups is 1. The van der Waals surface area contributed by atoms with Crippen LogP contribution in [0.1, 0.15) is 15.2 Å². The Morgan fingerprint density at radius 2 is 2.10 bits per heavy atom. The Bertz CT molecular complexity index is 674. The third-order valence-corrected chi connectivity index (χ3v) is 3.65. The topological polar surface area (TPSA) is 72.2 Å². The average Bonchev–Trinajstić information content (AvgIpc) is 2.93. The van der Waals surface area contributed by atoms with Gasteiger partial charge >= 0.3 is 5.69 Å². The summed E-state index contributed by atoms with van der Waals surface area (Å²) in [7, 11) is 0. The zero-order valence-electron chi connectivity index (χ0n) is 10.6. The minimum Gasteiger partial charge on any atom is -0.352 e. The molecule has 5 nitrogen and oxygen atoms in total. The molecule has 0 bridgehead atoms. The first kappa shape index (κ1) is 15.0. The number of thiophene rings is 1. The third kappa shape index (κ3) is 3.60. The zero-order valence-corrected chi connectivity index (χ0v) is 11.5. The molecule has 0 spiro atoms. The van der Waals surface area contributed by atoms with Gasteiger partial charge in [-0.3, -0.25) is 14.9 Å². The second-order valence-electron chi connectivity index (χ2n) is 4.13. The molecule has 1 N–H and O–H groups in total. The van der Waals surface area contributed by atoms with Crippen LogP contribution in [-0.2, 0) is 6.42 Å². The number of carbonyl (C=O) groups excluding carboxylic acids is 1. The molecule has 0 radical (unpaired) electrons. The molecule has 8 heteroatoms. The Balaban J connectivity index is 2.05. The fraction of sp³-hybridized carbons (Fsp3) is 0.154. The van der Waals surface area contributed by atoms with Crippen LogP contribution in [0, 0.1) is 21.7 Å². The second-order valence-corrected chi connectivity index (χ2v) is 5.16. The van der Waals surface area contributed by atoms with Crippen LogP contribution in [0.15, 0.2) is 29.6 Å². The molecule has 1 heterocycles. The summed E-state index contributed by atoms with van der Waals surface area (Å²) in [6.07, 6.45) is 0.570. The molecule has 0 aliphatic heterocycles. The third-order valence-electron chi connectivity index (χ3n) is 2.71. The fourth-order valence-corrected chi connectivity index (χ4v) is 2.41. The van der Waals surface area contributed by atoms with E-state index in [0.717, 1.165) is 4.88 Å². The SMILES string of the molecule is O=C(NCCc1cccs1)c1cc(F)c([N+](=O)[O-])cc1F. The van der Waals surface area contributed by atoms with Crippen LogP contribution in [0.4, 0.5) is 14.5 Å². The van der Waals surface area contributed by atoms with Gasteiger partial charge in [0.05, 0.1) is 16.6 Å². The summed E-state index contributed by atoms with van der Waals surface area (Å²) in [4.78, 5) is 22.2. The molecule has 1 aromatic carbocycles. The van der Waals surface area contributed by atoms with Crippen LogP contribution in [0.2, 0.25) is 0 Å². The predicted octanol–water partition coefficient (Wildman–Crippen LogP) is 2.91. The van der Waals surface area contributed by atoms with Crippen molar-refractivity contribution in [1.29, 1.82) is 0 Å². The van der Waals surface area contributed by atoms with Crippen molar-refractivity contribution < 1.29 is 18.5 Å². The lowest BCUT2D eigenvalue weighted by molar-refractivity contribution is -0.387. The molecular formula is C13H10F2N2O3S. The molecule has 0 saturated heterocycles. The molecule has 0 saturated carbocycles. The van der Waals surface area contributed by atoms with Crippen molar-refractivity contribution >= 4 is 22.9 Å². The van der Waals surface area contributed by atoms with Crippen LogP contribution >= 0.6 is 11.3 Å². The summed E-state index contributed by atoms with van der Waals surface area (Å²) < 4.78 is 27.0. The van der Waals surface area contributed by atoms with Gasteiger partial charge in [0.2, 0.25) is 5.82 Å². The van der Waals surface area contributed by atoms with E-state index in [1.807, 2.05) is 17.5 Å². The number of carbonyl (C=O) groups is 1. The van der Waals surface area contributed by atoms with Gasteiger partial charge in [-0.15, -0.1) is 11.3 Å². The molecular weight excluding hydrogens is 302 g/mol. The quantitative estimate of drug-likeness (QED) is 0.681. The number of hydrogen-bond donors (Lipinski definition) is 1. The molecule has 0 aliphatic carbocycles. The van der Waals surface area contributed by atoms with Gasteiger partial charge in [-0.05, 0) is 23.9 Å². The normalized spacial score (nSPS) is 10.4. The van der Waals surface area contributed by atoms with Crippen LogP contribution in [0.25, 0.3) is 0 Å². The molecule has 0 fully saturated rings. The summed E-state index contributed by atoms with van der Waals surface area (Å²) in [6.45, 7) is 0.261. The lowest BCUT2D eigenvalue weighted by Gasteiger charge is -2.06. The lowest BCUT2D eigenvalue weighted by Crippen LogP contribution is -2.26. The Hall–Kier alpha value is -2.35. The first-order chi connectivity index (χ1) is 9.99. The highest BCUT2D eigenvalue weighted by Crippen LogP contribution is 2.21. The van der Waals surface area contributed by atoms with Crippen molar-refractivity contribution in [2.24, 2.45) is 0 Å². The molecule has 0 atom stereocenters. The van der Waals surface area contributed by atoms with Gasteiger partial charge in [-0.2, -0.15) is 4.39 Å². The van der Waals surface area contributed by atoms with Crippen LogP contribution in [0.5, 0.6) is 0 Å². The van der Waals surface area contributed by atoms with Crippen molar-refractivity contribution in [3.05, 3.63) is 61.8 Å². The maximum absolute atomic E-state index is 13.6. The highest BCUT2D eigenvalue weighted by Gasteiger charge is 2.21. The molecule has 1 amide bonds. The number of nitrogens with zero attached hydrogens (tertiary/aromatic N) is 1. The highest BCUT2D eigenvalue weighted by atomic mass is 32.1. The van der Waals surface area contributed by atoms with E-state index in [9.17, 15) is 23.7 Å².